The Morgan fingerprint density at radius 3 is 2.70 bits per heavy atom. The summed E-state index contributed by atoms with van der Waals surface area (Å²) in [5, 5.41) is 0. The fourth-order valence-corrected chi connectivity index (χ4v) is 2.36. The molecule has 1 atom stereocenters. The molecule has 3 rings (SSSR count). The Hall–Kier alpha value is -2.62. The Morgan fingerprint density at radius 1 is 1.26 bits per heavy atom. The first-order chi connectivity index (χ1) is 13.8. The number of carbonyl (C=O) groups is 1. The van der Waals surface area contributed by atoms with E-state index in [-0.39, 0.29) is 11.3 Å². The zero-order valence-electron chi connectivity index (χ0n) is 19.9. The molecule has 0 spiro atoms. The molecule has 4 heteroatoms. The Labute approximate surface area is 146 Å². The lowest BCUT2D eigenvalue weighted by Gasteiger charge is -2.11. The highest BCUT2D eigenvalue weighted by Gasteiger charge is 2.18. The van der Waals surface area contributed by atoms with Gasteiger partial charge in [0.15, 0.2) is 0 Å². The van der Waals surface area contributed by atoms with E-state index in [1.807, 2.05) is 13.0 Å². The van der Waals surface area contributed by atoms with Gasteiger partial charge in [-0.1, -0.05) is 35.9 Å². The van der Waals surface area contributed by atoms with E-state index in [2.05, 4.69) is 4.98 Å². The molecule has 1 aromatic carbocycles. The number of likely N-dealkylation sites (N-methyl/N-ethyl adjacent to an activating group) is 1. The summed E-state index contributed by atoms with van der Waals surface area (Å²) in [5.41, 5.74) is 2.59. The molecule has 0 saturated heterocycles. The van der Waals surface area contributed by atoms with Gasteiger partial charge < -0.3 is 9.30 Å². The molecule has 0 aliphatic heterocycles. The van der Waals surface area contributed by atoms with Crippen LogP contribution in [0.4, 0.5) is 0 Å². The molecule has 1 amide bonds. The van der Waals surface area contributed by atoms with Crippen molar-refractivity contribution in [2.24, 2.45) is 0 Å². The minimum atomic E-state index is -2.67. The van der Waals surface area contributed by atoms with Gasteiger partial charge in [-0.05, 0) is 25.4 Å². The van der Waals surface area contributed by atoms with E-state index in [1.54, 1.807) is 28.8 Å². The van der Waals surface area contributed by atoms with Crippen molar-refractivity contribution in [2.75, 3.05) is 14.0 Å². The number of hydrogen-bond acceptors (Lipinski definition) is 2. The third-order valence-electron chi connectivity index (χ3n) is 3.55. The first-order valence-corrected chi connectivity index (χ1v) is 7.10. The summed E-state index contributed by atoms with van der Waals surface area (Å²) in [7, 11) is 1.14. The highest BCUT2D eigenvalue weighted by atomic mass is 16.2. The highest BCUT2D eigenvalue weighted by Crippen LogP contribution is 2.26. The highest BCUT2D eigenvalue weighted by molar-refractivity contribution is 5.81. The van der Waals surface area contributed by atoms with Crippen LogP contribution < -0.4 is 0 Å². The third kappa shape index (κ3) is 2.97. The summed E-state index contributed by atoms with van der Waals surface area (Å²) in [6.07, 6.45) is 0.187. The Balaban J connectivity index is 2.17. The van der Waals surface area contributed by atoms with E-state index >= 15 is 0 Å². The molecule has 0 fully saturated rings. The van der Waals surface area contributed by atoms with Crippen molar-refractivity contribution in [1.29, 1.82) is 0 Å². The summed E-state index contributed by atoms with van der Waals surface area (Å²) < 4.78 is 55.1. The number of nitrogens with zero attached hydrogens (tertiary/aromatic N) is 3. The topological polar surface area (TPSA) is 37.6 Å². The van der Waals surface area contributed by atoms with Gasteiger partial charge in [0.25, 0.3) is 0 Å². The molecular weight excluding hydrogens is 286 g/mol. The van der Waals surface area contributed by atoms with Gasteiger partial charge in [-0.3, -0.25) is 4.79 Å². The molecule has 2 heterocycles. The first kappa shape index (κ1) is 8.87. The van der Waals surface area contributed by atoms with Gasteiger partial charge in [0.1, 0.15) is 5.65 Å². The maximum Gasteiger partial charge on any atom is 0.228 e. The smallest absolute Gasteiger partial charge is 0.228 e. The molecule has 0 aliphatic rings. The Bertz CT molecular complexity index is 1080. The van der Waals surface area contributed by atoms with Gasteiger partial charge in [-0.2, -0.15) is 0 Å². The second-order valence-corrected chi connectivity index (χ2v) is 5.40. The van der Waals surface area contributed by atoms with Crippen LogP contribution in [0.3, 0.4) is 0 Å². The second kappa shape index (κ2) is 5.88. The number of hydrogen-bond donors (Lipinski definition) is 0. The van der Waals surface area contributed by atoms with E-state index in [1.165, 1.54) is 12.1 Å². The van der Waals surface area contributed by atoms with Crippen LogP contribution in [0.25, 0.3) is 16.9 Å². The Kier molecular flexibility index (Phi) is 2.27. The number of fused-ring (bicyclic) bond motifs is 1. The van der Waals surface area contributed by atoms with Crippen molar-refractivity contribution in [3.05, 3.63) is 59.4 Å². The summed E-state index contributed by atoms with van der Waals surface area (Å²) in [6, 6.07) is 9.63. The molecule has 2 aromatic heterocycles. The van der Waals surface area contributed by atoms with E-state index in [0.29, 0.717) is 21.8 Å². The van der Waals surface area contributed by atoms with Crippen LogP contribution in [-0.2, 0) is 11.2 Å². The molecule has 0 N–H and O–H groups in total. The summed E-state index contributed by atoms with van der Waals surface area (Å²) in [6.45, 7) is -3.08. The molecule has 23 heavy (non-hydrogen) atoms. The third-order valence-corrected chi connectivity index (χ3v) is 3.55. The standard InChI is InChI=1S/C19H21N3O/c1-13-5-8-15(9-6-13)19-16(11-18(23)21(3)4)22-12-14(2)7-10-17(22)20-19/h5-10,12H,11H2,1-4H3/i1D3,3D3,11D. The predicted octanol–water partition coefficient (Wildman–Crippen LogP) is 3.25. The molecule has 0 radical (unpaired) electrons. The van der Waals surface area contributed by atoms with E-state index in [4.69, 9.17) is 9.60 Å². The summed E-state index contributed by atoms with van der Waals surface area (Å²) >= 11 is 0. The number of aryl methyl sites for hydroxylation is 2. The molecule has 118 valence electrons. The fraction of sp³-hybridized carbons (Fsp3) is 0.263. The minimum Gasteiger partial charge on any atom is -0.348 e. The number of amides is 1. The van der Waals surface area contributed by atoms with Crippen molar-refractivity contribution >= 4 is 11.6 Å². The number of imidazole rings is 1. The van der Waals surface area contributed by atoms with Crippen molar-refractivity contribution < 1.29 is 14.4 Å². The molecule has 0 aliphatic carbocycles. The quantitative estimate of drug-likeness (QED) is 0.744. The normalized spacial score (nSPS) is 17.9. The predicted molar refractivity (Wildman–Crippen MR) is 92.5 cm³/mol. The van der Waals surface area contributed by atoms with Crippen molar-refractivity contribution in [1.82, 2.24) is 14.3 Å². The lowest BCUT2D eigenvalue weighted by molar-refractivity contribution is -0.128. The number of aromatic nitrogens is 2. The largest absolute Gasteiger partial charge is 0.348 e. The van der Waals surface area contributed by atoms with Gasteiger partial charge in [-0.25, -0.2) is 4.98 Å². The molecular formula is C19H21N3O. The van der Waals surface area contributed by atoms with Crippen molar-refractivity contribution in [2.45, 2.75) is 20.2 Å². The average molecular weight is 314 g/mol. The van der Waals surface area contributed by atoms with Crippen LogP contribution in [0, 0.1) is 13.8 Å². The number of benzene rings is 1. The van der Waals surface area contributed by atoms with E-state index in [9.17, 15) is 4.79 Å². The van der Waals surface area contributed by atoms with Crippen LogP contribution in [0.2, 0.25) is 0 Å². The molecule has 0 bridgehead atoms. The zero-order valence-corrected chi connectivity index (χ0v) is 12.9. The monoisotopic (exact) mass is 314 g/mol. The SMILES string of the molecule is [2H]C(C(=O)N(C)C([2H])([2H])[2H])c1c(-c2ccc(C([2H])([2H])[2H])cc2)nc2ccc(C)cn12. The van der Waals surface area contributed by atoms with Crippen molar-refractivity contribution in [3.63, 3.8) is 0 Å². The van der Waals surface area contributed by atoms with Gasteiger partial charge in [0, 0.05) is 35.4 Å². The van der Waals surface area contributed by atoms with Gasteiger partial charge in [0.05, 0.1) is 17.8 Å². The summed E-state index contributed by atoms with van der Waals surface area (Å²) in [5.74, 6) is -0.890. The lowest BCUT2D eigenvalue weighted by Crippen LogP contribution is -2.24. The van der Waals surface area contributed by atoms with Crippen LogP contribution in [-0.4, -0.2) is 34.2 Å². The van der Waals surface area contributed by atoms with Crippen molar-refractivity contribution in [3.8, 4) is 11.3 Å². The zero-order chi connectivity index (χ0) is 22.4. The summed E-state index contributed by atoms with van der Waals surface area (Å²) in [4.78, 5) is 17.9. The van der Waals surface area contributed by atoms with Gasteiger partial charge in [-0.15, -0.1) is 0 Å². The van der Waals surface area contributed by atoms with E-state index in [0.717, 1.165) is 12.6 Å². The molecule has 3 aromatic rings. The first-order valence-electron chi connectivity index (χ1n) is 10.7. The minimum absolute atomic E-state index is 0.160. The fourth-order valence-electron chi connectivity index (χ4n) is 2.36. The molecule has 1 unspecified atom stereocenters. The van der Waals surface area contributed by atoms with Crippen LogP contribution in [0.15, 0.2) is 42.6 Å². The average Bonchev–Trinajstić information content (AvgIpc) is 3.03. The van der Waals surface area contributed by atoms with Crippen LogP contribution in [0.1, 0.15) is 26.4 Å². The number of pyridine rings is 1. The number of carbonyl (C=O) groups excluding carboxylic acids is 1. The van der Waals surface area contributed by atoms with E-state index < -0.39 is 26.1 Å². The van der Waals surface area contributed by atoms with Crippen LogP contribution in [0.5, 0.6) is 0 Å². The number of rotatable bonds is 3. The van der Waals surface area contributed by atoms with Crippen LogP contribution >= 0.6 is 0 Å². The second-order valence-electron chi connectivity index (χ2n) is 5.40. The Morgan fingerprint density at radius 2 is 2.00 bits per heavy atom. The maximum absolute atomic E-state index is 12.7. The lowest BCUT2D eigenvalue weighted by atomic mass is 10.1. The van der Waals surface area contributed by atoms with Gasteiger partial charge in [0.2, 0.25) is 5.91 Å². The van der Waals surface area contributed by atoms with Gasteiger partial charge >= 0.3 is 0 Å². The molecule has 4 nitrogen and oxygen atoms in total. The maximum atomic E-state index is 12.7. The molecule has 0 saturated carbocycles.